The molecule has 0 atom stereocenters. The molecule has 88 valence electrons. The molecule has 0 saturated heterocycles. The second-order valence-electron chi connectivity index (χ2n) is 3.74. The van der Waals surface area contributed by atoms with Crippen LogP contribution < -0.4 is 10.6 Å². The molecule has 0 fully saturated rings. The molecule has 4 heteroatoms. The zero-order chi connectivity index (χ0) is 12.3. The number of aryl methyl sites for hydroxylation is 1. The average Bonchev–Trinajstić information content (AvgIpc) is 2.34. The van der Waals surface area contributed by atoms with Crippen LogP contribution in [-0.4, -0.2) is 12.0 Å². The summed E-state index contributed by atoms with van der Waals surface area (Å²) in [6.07, 6.45) is 0. The molecule has 0 amide bonds. The molecule has 0 radical (unpaired) electrons. The van der Waals surface area contributed by atoms with E-state index in [9.17, 15) is 4.39 Å². The molecule has 1 aromatic heterocycles. The minimum atomic E-state index is -0.261. The van der Waals surface area contributed by atoms with Crippen molar-refractivity contribution in [3.63, 3.8) is 0 Å². The number of nitrogens with one attached hydrogen (secondary N) is 2. The number of hydrogen-bond donors (Lipinski definition) is 2. The van der Waals surface area contributed by atoms with Crippen molar-refractivity contribution in [1.29, 1.82) is 0 Å². The van der Waals surface area contributed by atoms with Crippen molar-refractivity contribution in [3.8, 4) is 0 Å². The van der Waals surface area contributed by atoms with Crippen molar-refractivity contribution in [2.45, 2.75) is 6.92 Å². The Morgan fingerprint density at radius 3 is 2.65 bits per heavy atom. The van der Waals surface area contributed by atoms with Gasteiger partial charge in [0, 0.05) is 12.7 Å². The normalized spacial score (nSPS) is 10.1. The van der Waals surface area contributed by atoms with Crippen LogP contribution in [0.3, 0.4) is 0 Å². The van der Waals surface area contributed by atoms with Gasteiger partial charge in [0.05, 0.1) is 0 Å². The third-order valence-electron chi connectivity index (χ3n) is 2.47. The lowest BCUT2D eigenvalue weighted by atomic mass is 10.2. The minimum absolute atomic E-state index is 0.261. The second kappa shape index (κ2) is 4.82. The lowest BCUT2D eigenvalue weighted by Gasteiger charge is -2.09. The number of halogens is 1. The van der Waals surface area contributed by atoms with Crippen LogP contribution in [-0.2, 0) is 0 Å². The van der Waals surface area contributed by atoms with Crippen LogP contribution >= 0.6 is 0 Å². The molecule has 1 aromatic carbocycles. The highest BCUT2D eigenvalue weighted by atomic mass is 19.1. The molecule has 2 rings (SSSR count). The minimum Gasteiger partial charge on any atom is -0.373 e. The van der Waals surface area contributed by atoms with E-state index >= 15 is 0 Å². The standard InChI is InChI=1S/C13H14FN3/c1-9-6-7-10(14)8-11(9)16-13-5-3-4-12(15-2)17-13/h3-8H,1-2H3,(H2,15,16,17). The number of aromatic nitrogens is 1. The summed E-state index contributed by atoms with van der Waals surface area (Å²) in [6.45, 7) is 1.92. The molecule has 0 saturated carbocycles. The molecule has 2 aromatic rings. The number of benzene rings is 1. The van der Waals surface area contributed by atoms with Crippen molar-refractivity contribution in [2.24, 2.45) is 0 Å². The topological polar surface area (TPSA) is 37.0 Å². The predicted molar refractivity (Wildman–Crippen MR) is 68.2 cm³/mol. The van der Waals surface area contributed by atoms with Crippen LogP contribution in [0.5, 0.6) is 0 Å². The van der Waals surface area contributed by atoms with Crippen molar-refractivity contribution >= 4 is 17.3 Å². The molecule has 0 aliphatic rings. The molecule has 3 nitrogen and oxygen atoms in total. The van der Waals surface area contributed by atoms with Crippen molar-refractivity contribution in [1.82, 2.24) is 4.98 Å². The third-order valence-corrected chi connectivity index (χ3v) is 2.47. The summed E-state index contributed by atoms with van der Waals surface area (Å²) in [7, 11) is 1.81. The number of pyridine rings is 1. The fourth-order valence-electron chi connectivity index (χ4n) is 1.51. The first-order valence-electron chi connectivity index (χ1n) is 5.37. The molecule has 0 aliphatic carbocycles. The highest BCUT2D eigenvalue weighted by Crippen LogP contribution is 2.20. The van der Waals surface area contributed by atoms with Gasteiger partial charge in [-0.3, -0.25) is 0 Å². The quantitative estimate of drug-likeness (QED) is 0.850. The summed E-state index contributed by atoms with van der Waals surface area (Å²) in [5.41, 5.74) is 1.70. The van der Waals surface area contributed by atoms with Crippen molar-refractivity contribution in [3.05, 3.63) is 47.8 Å². The monoisotopic (exact) mass is 231 g/mol. The molecule has 2 N–H and O–H groups in total. The van der Waals surface area contributed by atoms with E-state index in [0.29, 0.717) is 5.82 Å². The fourth-order valence-corrected chi connectivity index (χ4v) is 1.51. The maximum Gasteiger partial charge on any atom is 0.132 e. The van der Waals surface area contributed by atoms with Gasteiger partial charge in [-0.15, -0.1) is 0 Å². The van der Waals surface area contributed by atoms with E-state index in [1.54, 1.807) is 13.1 Å². The van der Waals surface area contributed by atoms with Gasteiger partial charge in [-0.25, -0.2) is 9.37 Å². The Morgan fingerprint density at radius 2 is 1.88 bits per heavy atom. The summed E-state index contributed by atoms with van der Waals surface area (Å²) in [5, 5.41) is 6.05. The first-order chi connectivity index (χ1) is 8.19. The molecule has 0 bridgehead atoms. The Bertz CT molecular complexity index is 526. The summed E-state index contributed by atoms with van der Waals surface area (Å²) in [5.74, 6) is 1.19. The molecule has 17 heavy (non-hydrogen) atoms. The van der Waals surface area contributed by atoms with Gasteiger partial charge in [0.15, 0.2) is 0 Å². The number of anilines is 3. The number of nitrogens with zero attached hydrogens (tertiary/aromatic N) is 1. The molecular weight excluding hydrogens is 217 g/mol. The highest BCUT2D eigenvalue weighted by Gasteiger charge is 2.02. The van der Waals surface area contributed by atoms with Gasteiger partial charge in [-0.05, 0) is 36.8 Å². The van der Waals surface area contributed by atoms with Crippen LogP contribution in [0.15, 0.2) is 36.4 Å². The molecule has 1 heterocycles. The van der Waals surface area contributed by atoms with E-state index in [1.807, 2.05) is 25.1 Å². The Hall–Kier alpha value is -2.10. The highest BCUT2D eigenvalue weighted by molar-refractivity contribution is 5.61. The van der Waals surface area contributed by atoms with Gasteiger partial charge in [0.25, 0.3) is 0 Å². The smallest absolute Gasteiger partial charge is 0.132 e. The van der Waals surface area contributed by atoms with E-state index in [1.165, 1.54) is 12.1 Å². The fraction of sp³-hybridized carbons (Fsp3) is 0.154. The average molecular weight is 231 g/mol. The van der Waals surface area contributed by atoms with E-state index in [4.69, 9.17) is 0 Å². The number of rotatable bonds is 3. The summed E-state index contributed by atoms with van der Waals surface area (Å²) in [6, 6.07) is 10.2. The Balaban J connectivity index is 2.27. The largest absolute Gasteiger partial charge is 0.373 e. The van der Waals surface area contributed by atoms with E-state index in [-0.39, 0.29) is 5.82 Å². The molecule has 0 unspecified atom stereocenters. The van der Waals surface area contributed by atoms with Gasteiger partial charge in [0.2, 0.25) is 0 Å². The SMILES string of the molecule is CNc1cccc(Nc2cc(F)ccc2C)n1. The zero-order valence-corrected chi connectivity index (χ0v) is 9.79. The first-order valence-corrected chi connectivity index (χ1v) is 5.37. The van der Waals surface area contributed by atoms with Crippen LogP contribution in [0.2, 0.25) is 0 Å². The first kappa shape index (κ1) is 11.4. The predicted octanol–water partition coefficient (Wildman–Crippen LogP) is 3.31. The summed E-state index contributed by atoms with van der Waals surface area (Å²) >= 11 is 0. The Morgan fingerprint density at radius 1 is 1.12 bits per heavy atom. The van der Waals surface area contributed by atoms with Gasteiger partial charge < -0.3 is 10.6 Å². The van der Waals surface area contributed by atoms with Crippen LogP contribution in [0.1, 0.15) is 5.56 Å². The summed E-state index contributed by atoms with van der Waals surface area (Å²) < 4.78 is 13.1. The Kier molecular flexibility index (Phi) is 3.23. The molecule has 0 aliphatic heterocycles. The van der Waals surface area contributed by atoms with Crippen LogP contribution in [0.4, 0.5) is 21.7 Å². The van der Waals surface area contributed by atoms with E-state index < -0.39 is 0 Å². The lowest BCUT2D eigenvalue weighted by Crippen LogP contribution is -1.99. The van der Waals surface area contributed by atoms with Gasteiger partial charge in [-0.1, -0.05) is 12.1 Å². The van der Waals surface area contributed by atoms with Crippen molar-refractivity contribution in [2.75, 3.05) is 17.7 Å². The van der Waals surface area contributed by atoms with Gasteiger partial charge >= 0.3 is 0 Å². The second-order valence-corrected chi connectivity index (χ2v) is 3.74. The van der Waals surface area contributed by atoms with Crippen molar-refractivity contribution < 1.29 is 4.39 Å². The lowest BCUT2D eigenvalue weighted by molar-refractivity contribution is 0.628. The third kappa shape index (κ3) is 2.72. The van der Waals surface area contributed by atoms with E-state index in [0.717, 1.165) is 17.1 Å². The van der Waals surface area contributed by atoms with Crippen LogP contribution in [0.25, 0.3) is 0 Å². The van der Waals surface area contributed by atoms with E-state index in [2.05, 4.69) is 15.6 Å². The number of hydrogen-bond acceptors (Lipinski definition) is 3. The van der Waals surface area contributed by atoms with Crippen LogP contribution in [0, 0.1) is 12.7 Å². The Labute approximate surface area is 99.7 Å². The summed E-state index contributed by atoms with van der Waals surface area (Å²) in [4.78, 5) is 4.31. The molecule has 0 spiro atoms. The van der Waals surface area contributed by atoms with Gasteiger partial charge in [-0.2, -0.15) is 0 Å². The van der Waals surface area contributed by atoms with Gasteiger partial charge in [0.1, 0.15) is 17.5 Å². The zero-order valence-electron chi connectivity index (χ0n) is 9.79. The maximum absolute atomic E-state index is 13.1. The molecular formula is C13H14FN3. The maximum atomic E-state index is 13.1.